The van der Waals surface area contributed by atoms with Crippen molar-refractivity contribution >= 4 is 62.7 Å². The van der Waals surface area contributed by atoms with Crippen molar-refractivity contribution in [3.8, 4) is 34.8 Å². The van der Waals surface area contributed by atoms with E-state index in [0.29, 0.717) is 45.6 Å². The summed E-state index contributed by atoms with van der Waals surface area (Å²) in [4.78, 5) is 38.8. The zero-order valence-corrected chi connectivity index (χ0v) is 40.0. The van der Waals surface area contributed by atoms with Gasteiger partial charge in [0.05, 0.1) is 47.6 Å². The molecule has 0 bridgehead atoms. The molecule has 2 saturated heterocycles. The van der Waals surface area contributed by atoms with Crippen LogP contribution in [0.2, 0.25) is 5.28 Å². The van der Waals surface area contributed by atoms with E-state index in [2.05, 4.69) is 65.2 Å². The molecule has 2 aliphatic rings. The Hall–Kier alpha value is -8.47. The highest BCUT2D eigenvalue weighted by Gasteiger charge is 2.19. The van der Waals surface area contributed by atoms with Crippen LogP contribution in [0.3, 0.4) is 0 Å². The number of fused-ring (bicyclic) bond motifs is 2. The number of aromatic nitrogens is 6. The van der Waals surface area contributed by atoms with E-state index in [1.165, 1.54) is 40.5 Å². The lowest BCUT2D eigenvalue weighted by molar-refractivity contribution is -0.385. The molecule has 8 aromatic rings. The summed E-state index contributed by atoms with van der Waals surface area (Å²) in [7, 11) is 7.56. The minimum absolute atomic E-state index is 0.0223. The molecule has 2 aliphatic heterocycles. The Morgan fingerprint density at radius 2 is 1.10 bits per heavy atom. The second-order valence-corrected chi connectivity index (χ2v) is 16.7. The second kappa shape index (κ2) is 22.3. The highest BCUT2D eigenvalue weighted by atomic mass is 35.5. The van der Waals surface area contributed by atoms with Gasteiger partial charge in [-0.05, 0) is 86.4 Å². The Bertz CT molecular complexity index is 3140. The lowest BCUT2D eigenvalue weighted by atomic mass is 10.2. The number of hydrogen-bond donors (Lipinski definition) is 2. The molecule has 0 saturated carbocycles. The second-order valence-electron chi connectivity index (χ2n) is 16.3. The van der Waals surface area contributed by atoms with Gasteiger partial charge in [-0.25, -0.2) is 9.03 Å². The quantitative estimate of drug-likeness (QED) is 0.0669. The summed E-state index contributed by atoms with van der Waals surface area (Å²) >= 11 is 5.80. The topological polar surface area (TPSA) is 235 Å². The molecule has 3 N–H and O–H groups in total. The fraction of sp³-hybridized carbons (Fsp3) is 0.250. The van der Waals surface area contributed by atoms with Crippen molar-refractivity contribution in [3.05, 3.63) is 147 Å². The SMILES string of the molecule is COc1cc(N2CCN(C)CC2)ccc1N.COc1cc(N2CCN(C)CC2)ccc1Nc1nc(Oc2cccc([N+](=O)[O-])c2)c2cccn2n1.O=[N+]([O-])c1cccc(Oc2nc(Cl)nn3cccc23)c1. The van der Waals surface area contributed by atoms with Gasteiger partial charge in [0.15, 0.2) is 0 Å². The molecule has 368 valence electrons. The summed E-state index contributed by atoms with van der Waals surface area (Å²) in [5.74, 6) is 2.82. The number of anilines is 5. The summed E-state index contributed by atoms with van der Waals surface area (Å²) in [5.41, 5.74) is 10.6. The van der Waals surface area contributed by atoms with Crippen LogP contribution in [0.15, 0.2) is 122 Å². The number of nitrogen functional groups attached to an aromatic ring is 1. The molecule has 0 unspecified atom stereocenters. The number of halogens is 1. The van der Waals surface area contributed by atoms with Crippen molar-refractivity contribution < 1.29 is 28.8 Å². The molecule has 0 amide bonds. The van der Waals surface area contributed by atoms with Crippen molar-refractivity contribution in [2.45, 2.75) is 0 Å². The maximum atomic E-state index is 11.1. The van der Waals surface area contributed by atoms with E-state index in [1.54, 1.807) is 61.5 Å². The van der Waals surface area contributed by atoms with Gasteiger partial charge in [0.2, 0.25) is 23.0 Å². The highest BCUT2D eigenvalue weighted by Crippen LogP contribution is 2.34. The molecule has 0 spiro atoms. The Morgan fingerprint density at radius 3 is 1.62 bits per heavy atom. The number of nitro groups is 2. The number of likely N-dealkylation sites (N-methyl/N-ethyl adjacent to an activating group) is 2. The van der Waals surface area contributed by atoms with Gasteiger partial charge < -0.3 is 49.6 Å². The first-order valence-electron chi connectivity index (χ1n) is 22.3. The average molecular weight is 987 g/mol. The first-order valence-corrected chi connectivity index (χ1v) is 22.7. The summed E-state index contributed by atoms with van der Waals surface area (Å²) in [6, 6.07) is 30.9. The summed E-state index contributed by atoms with van der Waals surface area (Å²) in [6.07, 6.45) is 3.47. The van der Waals surface area contributed by atoms with Gasteiger partial charge in [-0.1, -0.05) is 12.1 Å². The van der Waals surface area contributed by atoms with Gasteiger partial charge in [-0.2, -0.15) is 9.97 Å². The molecule has 2 fully saturated rings. The number of nitrogens with one attached hydrogen (secondary N) is 1. The molecular formula is C48H51ClN14O8. The van der Waals surface area contributed by atoms with E-state index in [0.717, 1.165) is 63.8 Å². The van der Waals surface area contributed by atoms with Crippen molar-refractivity contribution in [2.24, 2.45) is 0 Å². The smallest absolute Gasteiger partial charge is 0.273 e. The lowest BCUT2D eigenvalue weighted by Crippen LogP contribution is -2.44. The van der Waals surface area contributed by atoms with E-state index >= 15 is 0 Å². The number of methoxy groups -OCH3 is 2. The molecule has 4 aromatic heterocycles. The first-order chi connectivity index (χ1) is 34.3. The van der Waals surface area contributed by atoms with Gasteiger partial charge in [0.1, 0.15) is 34.0 Å². The number of piperazine rings is 2. The van der Waals surface area contributed by atoms with Gasteiger partial charge in [-0.15, -0.1) is 10.2 Å². The average Bonchev–Trinajstić information content (AvgIpc) is 4.06. The minimum Gasteiger partial charge on any atom is -0.495 e. The van der Waals surface area contributed by atoms with Crippen molar-refractivity contribution in [1.82, 2.24) is 39.0 Å². The number of nitrogens with two attached hydrogens (primary N) is 1. The molecule has 0 radical (unpaired) electrons. The molecule has 10 rings (SSSR count). The Morgan fingerprint density at radius 1 is 0.606 bits per heavy atom. The molecule has 71 heavy (non-hydrogen) atoms. The highest BCUT2D eigenvalue weighted by molar-refractivity contribution is 6.28. The molecular weight excluding hydrogens is 936 g/mol. The summed E-state index contributed by atoms with van der Waals surface area (Å²) in [6.45, 7) is 8.27. The molecule has 23 heteroatoms. The largest absolute Gasteiger partial charge is 0.495 e. The molecule has 4 aromatic carbocycles. The fourth-order valence-corrected chi connectivity index (χ4v) is 7.82. The zero-order chi connectivity index (χ0) is 50.0. The van der Waals surface area contributed by atoms with Crippen LogP contribution in [0.5, 0.6) is 34.8 Å². The third kappa shape index (κ3) is 12.2. The van der Waals surface area contributed by atoms with E-state index < -0.39 is 9.85 Å². The summed E-state index contributed by atoms with van der Waals surface area (Å²) < 4.78 is 25.5. The third-order valence-corrected chi connectivity index (χ3v) is 11.7. The lowest BCUT2D eigenvalue weighted by Gasteiger charge is -2.34. The maximum absolute atomic E-state index is 11.1. The first kappa shape index (κ1) is 49.0. The van der Waals surface area contributed by atoms with E-state index in [1.807, 2.05) is 42.5 Å². The molecule has 0 atom stereocenters. The number of non-ortho nitro benzene ring substituents is 2. The number of ether oxygens (including phenoxy) is 4. The maximum Gasteiger partial charge on any atom is 0.273 e. The van der Waals surface area contributed by atoms with Crippen molar-refractivity contribution in [2.75, 3.05) is 102 Å². The van der Waals surface area contributed by atoms with E-state index in [-0.39, 0.29) is 28.4 Å². The zero-order valence-electron chi connectivity index (χ0n) is 39.3. The van der Waals surface area contributed by atoms with Crippen molar-refractivity contribution in [3.63, 3.8) is 0 Å². The van der Waals surface area contributed by atoms with Gasteiger partial charge in [-0.3, -0.25) is 20.2 Å². The number of benzene rings is 4. The number of nitro benzene ring substituents is 2. The van der Waals surface area contributed by atoms with Crippen molar-refractivity contribution in [1.29, 1.82) is 0 Å². The predicted molar refractivity (Wildman–Crippen MR) is 270 cm³/mol. The van der Waals surface area contributed by atoms with Crippen LogP contribution in [-0.2, 0) is 0 Å². The third-order valence-electron chi connectivity index (χ3n) is 11.6. The summed E-state index contributed by atoms with van der Waals surface area (Å²) in [5, 5.41) is 33.6. The number of hydrogen-bond acceptors (Lipinski definition) is 18. The Kier molecular flexibility index (Phi) is 15.4. The Balaban J connectivity index is 0.000000158. The van der Waals surface area contributed by atoms with Crippen LogP contribution in [0.25, 0.3) is 11.0 Å². The van der Waals surface area contributed by atoms with Crippen LogP contribution >= 0.6 is 11.6 Å². The molecule has 0 aliphatic carbocycles. The van der Waals surface area contributed by atoms with Crippen LogP contribution in [0.1, 0.15) is 0 Å². The van der Waals surface area contributed by atoms with E-state index in [4.69, 9.17) is 36.3 Å². The molecule has 22 nitrogen and oxygen atoms in total. The van der Waals surface area contributed by atoms with Crippen LogP contribution in [0.4, 0.5) is 40.1 Å². The van der Waals surface area contributed by atoms with Gasteiger partial charge in [0, 0.05) is 100 Å². The minimum atomic E-state index is -0.493. The fourth-order valence-electron chi connectivity index (χ4n) is 7.66. The van der Waals surface area contributed by atoms with Gasteiger partial charge >= 0.3 is 0 Å². The predicted octanol–water partition coefficient (Wildman–Crippen LogP) is 8.05. The Labute approximate surface area is 412 Å². The number of nitrogens with zero attached hydrogens (tertiary/aromatic N) is 12. The normalized spacial score (nSPS) is 13.9. The van der Waals surface area contributed by atoms with Crippen LogP contribution in [0, 0.1) is 20.2 Å². The monoisotopic (exact) mass is 986 g/mol. The van der Waals surface area contributed by atoms with Crippen LogP contribution in [-0.4, -0.2) is 130 Å². The van der Waals surface area contributed by atoms with Crippen LogP contribution < -0.4 is 39.8 Å². The van der Waals surface area contributed by atoms with Gasteiger partial charge in [0.25, 0.3) is 11.4 Å². The number of rotatable bonds is 12. The standard InChI is InChI=1S/C24H25N7O4.C12H7ClN4O3.C12H19N3O/c1-28-11-13-29(14-12-28)17-8-9-20(22(16-17)34-2)25-24-26-23(21-7-4-10-30(21)27-24)35-19-6-3-5-18(15-19)31(32)33;13-12-14-11(10-5-2-6-16(10)15-12)20-9-4-1-3-8(7-9)17(18)19;1-14-5-7-15(8-6-14)10-3-4-11(13)12(9-10)16-2/h3-10,15-16H,11-14H2,1-2H3,(H,25,27);1-7H;3-4,9H,5-8,13H2,1-2H3. The van der Waals surface area contributed by atoms with E-state index in [9.17, 15) is 20.2 Å². The molecule has 6 heterocycles.